The molecule has 1 aliphatic rings. The number of nitrogens with one attached hydrogen (secondary N) is 2. The molecule has 0 unspecified atom stereocenters. The fourth-order valence-corrected chi connectivity index (χ4v) is 3.38. The zero-order chi connectivity index (χ0) is 20.3. The van der Waals surface area contributed by atoms with Crippen LogP contribution in [-0.2, 0) is 10.2 Å². The molecule has 1 aromatic heterocycles. The molecule has 0 bridgehead atoms. The number of anilines is 2. The van der Waals surface area contributed by atoms with Crippen molar-refractivity contribution in [3.05, 3.63) is 83.2 Å². The van der Waals surface area contributed by atoms with Crippen LogP contribution in [-0.4, -0.2) is 21.7 Å². The molecule has 1 aromatic carbocycles. The van der Waals surface area contributed by atoms with E-state index in [0.717, 1.165) is 0 Å². The topological polar surface area (TPSA) is 114 Å². The molecule has 1 aliphatic heterocycles. The van der Waals surface area contributed by atoms with E-state index in [9.17, 15) is 19.7 Å². The van der Waals surface area contributed by atoms with E-state index in [0.29, 0.717) is 29.7 Å². The van der Waals surface area contributed by atoms with Crippen LogP contribution in [0.25, 0.3) is 0 Å². The molecule has 0 saturated heterocycles. The van der Waals surface area contributed by atoms with E-state index < -0.39 is 16.2 Å². The summed E-state index contributed by atoms with van der Waals surface area (Å²) in [6.07, 6.45) is 6.71. The Labute approximate surface area is 161 Å². The second-order valence-electron chi connectivity index (χ2n) is 6.38. The second kappa shape index (κ2) is 7.43. The molecule has 3 rings (SSSR count). The van der Waals surface area contributed by atoms with Gasteiger partial charge < -0.3 is 10.6 Å². The van der Waals surface area contributed by atoms with Gasteiger partial charge in [0.15, 0.2) is 0 Å². The molecule has 0 atom stereocenters. The van der Waals surface area contributed by atoms with Crippen LogP contribution in [0, 0.1) is 10.1 Å². The van der Waals surface area contributed by atoms with Crippen LogP contribution in [0.15, 0.2) is 62.0 Å². The highest BCUT2D eigenvalue weighted by molar-refractivity contribution is 6.10. The number of nitro groups is 1. The smallest absolute Gasteiger partial charge is 0.293 e. The number of nitrogens with zero attached hydrogens (tertiary/aromatic N) is 2. The summed E-state index contributed by atoms with van der Waals surface area (Å²) in [6, 6.07) is 5.74. The summed E-state index contributed by atoms with van der Waals surface area (Å²) in [5.41, 5.74) is -0.0808. The summed E-state index contributed by atoms with van der Waals surface area (Å²) in [4.78, 5) is 40.0. The Morgan fingerprint density at radius 1 is 1.25 bits per heavy atom. The Kier molecular flexibility index (Phi) is 5.04. The molecule has 2 aromatic rings. The maximum atomic E-state index is 12.7. The van der Waals surface area contributed by atoms with Crippen molar-refractivity contribution >= 4 is 28.9 Å². The Hall–Kier alpha value is -3.81. The van der Waals surface area contributed by atoms with Gasteiger partial charge in [0, 0.05) is 29.7 Å². The van der Waals surface area contributed by atoms with Gasteiger partial charge in [-0.1, -0.05) is 12.2 Å². The highest BCUT2D eigenvalue weighted by Gasteiger charge is 2.46. The molecule has 2 N–H and O–H groups in total. The number of pyridine rings is 1. The number of allylic oxidation sites excluding steroid dienone is 2. The summed E-state index contributed by atoms with van der Waals surface area (Å²) >= 11 is 0. The molecule has 0 aliphatic carbocycles. The fourth-order valence-electron chi connectivity index (χ4n) is 3.38. The van der Waals surface area contributed by atoms with Crippen LogP contribution in [0.3, 0.4) is 0 Å². The second-order valence-corrected chi connectivity index (χ2v) is 6.38. The molecule has 0 spiro atoms. The van der Waals surface area contributed by atoms with E-state index >= 15 is 0 Å². The normalized spacial score (nSPS) is 13.9. The summed E-state index contributed by atoms with van der Waals surface area (Å²) in [5.74, 6) is -0.799. The molecule has 28 heavy (non-hydrogen) atoms. The average molecular weight is 378 g/mol. The molecule has 0 fully saturated rings. The quantitative estimate of drug-likeness (QED) is 0.434. The van der Waals surface area contributed by atoms with E-state index in [2.05, 4.69) is 28.8 Å². The van der Waals surface area contributed by atoms with Gasteiger partial charge in [-0.15, -0.1) is 13.2 Å². The minimum Gasteiger partial charge on any atom is -0.325 e. The highest BCUT2D eigenvalue weighted by Crippen LogP contribution is 2.47. The first-order valence-corrected chi connectivity index (χ1v) is 8.50. The van der Waals surface area contributed by atoms with Gasteiger partial charge in [-0.25, -0.2) is 0 Å². The Bertz CT molecular complexity index is 975. The minimum atomic E-state index is -1.00. The third-order valence-electron chi connectivity index (χ3n) is 4.71. The molecule has 2 amide bonds. The number of aromatic nitrogens is 1. The number of hydrogen-bond donors (Lipinski definition) is 2. The van der Waals surface area contributed by atoms with Crippen molar-refractivity contribution in [2.45, 2.75) is 18.3 Å². The summed E-state index contributed by atoms with van der Waals surface area (Å²) in [7, 11) is 0. The van der Waals surface area contributed by atoms with Crippen LogP contribution < -0.4 is 10.6 Å². The zero-order valence-corrected chi connectivity index (χ0v) is 15.0. The third kappa shape index (κ3) is 3.16. The Balaban J connectivity index is 2.08. The van der Waals surface area contributed by atoms with Crippen LogP contribution in [0.2, 0.25) is 0 Å². The van der Waals surface area contributed by atoms with Crippen molar-refractivity contribution < 1.29 is 14.5 Å². The molecule has 142 valence electrons. The first-order chi connectivity index (χ1) is 13.4. The van der Waals surface area contributed by atoms with Crippen molar-refractivity contribution in [3.8, 4) is 0 Å². The van der Waals surface area contributed by atoms with Gasteiger partial charge in [-0.2, -0.15) is 0 Å². The SMILES string of the molecule is C=CCC1(CC=C)C(=O)Nc2cc(NC(=O)c3ccncc3)c([N+](=O)[O-])cc21. The number of hydrogen-bond acceptors (Lipinski definition) is 5. The maximum Gasteiger partial charge on any atom is 0.293 e. The standard InChI is InChI=1S/C20H18N4O4/c1-3-7-20(8-4-2)14-11-17(24(27)28)16(12-15(14)23-19(20)26)22-18(25)13-5-9-21-10-6-13/h3-6,9-12H,1-2,7-8H2,(H,22,25)(H,23,26). The number of fused-ring (bicyclic) bond motifs is 1. The molecule has 0 radical (unpaired) electrons. The fraction of sp³-hybridized carbons (Fsp3) is 0.150. The molecule has 0 saturated carbocycles. The van der Waals surface area contributed by atoms with Gasteiger partial charge in [-0.05, 0) is 36.6 Å². The van der Waals surface area contributed by atoms with Gasteiger partial charge in [0.05, 0.1) is 10.3 Å². The lowest BCUT2D eigenvalue weighted by atomic mass is 9.75. The number of benzene rings is 1. The first-order valence-electron chi connectivity index (χ1n) is 8.50. The van der Waals surface area contributed by atoms with E-state index in [1.54, 1.807) is 12.2 Å². The lowest BCUT2D eigenvalue weighted by molar-refractivity contribution is -0.384. The molecule has 8 heteroatoms. The highest BCUT2D eigenvalue weighted by atomic mass is 16.6. The van der Waals surface area contributed by atoms with Crippen molar-refractivity contribution in [3.63, 3.8) is 0 Å². The van der Waals surface area contributed by atoms with E-state index in [1.165, 1.54) is 36.7 Å². The van der Waals surface area contributed by atoms with Gasteiger partial charge >= 0.3 is 0 Å². The van der Waals surface area contributed by atoms with Crippen molar-refractivity contribution in [2.24, 2.45) is 0 Å². The summed E-state index contributed by atoms with van der Waals surface area (Å²) in [6.45, 7) is 7.39. The number of nitro benzene ring substituents is 1. The average Bonchev–Trinajstić information content (AvgIpc) is 2.93. The lowest BCUT2D eigenvalue weighted by Crippen LogP contribution is -2.33. The largest absolute Gasteiger partial charge is 0.325 e. The summed E-state index contributed by atoms with van der Waals surface area (Å²) < 4.78 is 0. The van der Waals surface area contributed by atoms with Crippen LogP contribution in [0.4, 0.5) is 17.1 Å². The Morgan fingerprint density at radius 3 is 2.46 bits per heavy atom. The van der Waals surface area contributed by atoms with Crippen molar-refractivity contribution in [2.75, 3.05) is 10.6 Å². The minimum absolute atomic E-state index is 0.00105. The van der Waals surface area contributed by atoms with E-state index in [-0.39, 0.29) is 17.3 Å². The van der Waals surface area contributed by atoms with E-state index in [1.807, 2.05) is 0 Å². The lowest BCUT2D eigenvalue weighted by Gasteiger charge is -2.24. The first kappa shape index (κ1) is 19.0. The molecule has 8 nitrogen and oxygen atoms in total. The van der Waals surface area contributed by atoms with Crippen molar-refractivity contribution in [1.29, 1.82) is 0 Å². The van der Waals surface area contributed by atoms with E-state index in [4.69, 9.17) is 0 Å². The number of amides is 2. The van der Waals surface area contributed by atoms with Crippen molar-refractivity contribution in [1.82, 2.24) is 4.98 Å². The number of rotatable bonds is 7. The zero-order valence-electron chi connectivity index (χ0n) is 15.0. The van der Waals surface area contributed by atoms with Gasteiger partial charge in [0.25, 0.3) is 11.6 Å². The van der Waals surface area contributed by atoms with Crippen LogP contribution in [0.1, 0.15) is 28.8 Å². The maximum absolute atomic E-state index is 12.7. The Morgan fingerprint density at radius 2 is 1.89 bits per heavy atom. The monoisotopic (exact) mass is 378 g/mol. The van der Waals surface area contributed by atoms with Gasteiger partial charge in [0.2, 0.25) is 5.91 Å². The molecular weight excluding hydrogens is 360 g/mol. The van der Waals surface area contributed by atoms with Crippen LogP contribution >= 0.6 is 0 Å². The molecular formula is C20H18N4O4. The summed E-state index contributed by atoms with van der Waals surface area (Å²) in [5, 5.41) is 16.9. The molecule has 2 heterocycles. The predicted molar refractivity (Wildman–Crippen MR) is 105 cm³/mol. The van der Waals surface area contributed by atoms with Crippen LogP contribution in [0.5, 0.6) is 0 Å². The predicted octanol–water partition coefficient (Wildman–Crippen LogP) is 3.58. The number of carbonyl (C=O) groups is 2. The number of carbonyl (C=O) groups excluding carboxylic acids is 2. The third-order valence-corrected chi connectivity index (χ3v) is 4.71. The van der Waals surface area contributed by atoms with Gasteiger partial charge in [-0.3, -0.25) is 24.7 Å². The van der Waals surface area contributed by atoms with Gasteiger partial charge in [0.1, 0.15) is 5.69 Å².